The van der Waals surface area contributed by atoms with Crippen LogP contribution in [0.2, 0.25) is 0 Å². The van der Waals surface area contributed by atoms with Crippen molar-refractivity contribution in [2.24, 2.45) is 0 Å². The van der Waals surface area contributed by atoms with Gasteiger partial charge in [-0.2, -0.15) is 0 Å². The molecule has 2 aliphatic heterocycles. The van der Waals surface area contributed by atoms with Crippen molar-refractivity contribution in [2.75, 3.05) is 52.5 Å². The van der Waals surface area contributed by atoms with E-state index in [9.17, 15) is 0 Å². The molecule has 0 aromatic rings. The molecule has 0 saturated carbocycles. The van der Waals surface area contributed by atoms with E-state index in [1.54, 1.807) is 0 Å². The van der Waals surface area contributed by atoms with Crippen molar-refractivity contribution < 1.29 is 4.74 Å². The standard InChI is InChI=1S/C14H29N3O/c1-13-12-15-5-4-14(2,3)17(13)7-6-16-8-10-18-11-9-16/h13,15H,4-12H2,1-3H3. The third kappa shape index (κ3) is 3.67. The Bertz CT molecular complexity index is 251. The molecule has 1 unspecified atom stereocenters. The maximum atomic E-state index is 5.41. The summed E-state index contributed by atoms with van der Waals surface area (Å²) in [5.41, 5.74) is 0.315. The van der Waals surface area contributed by atoms with Crippen LogP contribution in [0.5, 0.6) is 0 Å². The SMILES string of the molecule is CC1CNCCC(C)(C)N1CCN1CCOCC1. The van der Waals surface area contributed by atoms with E-state index in [2.05, 4.69) is 35.9 Å². The van der Waals surface area contributed by atoms with Crippen molar-refractivity contribution in [2.45, 2.75) is 38.8 Å². The van der Waals surface area contributed by atoms with Gasteiger partial charge >= 0.3 is 0 Å². The van der Waals surface area contributed by atoms with Gasteiger partial charge in [0.25, 0.3) is 0 Å². The molecular formula is C14H29N3O. The van der Waals surface area contributed by atoms with Crippen molar-refractivity contribution in [1.29, 1.82) is 0 Å². The normalized spacial score (nSPS) is 31.2. The van der Waals surface area contributed by atoms with E-state index in [0.717, 1.165) is 39.4 Å². The highest BCUT2D eigenvalue weighted by molar-refractivity contribution is 4.90. The van der Waals surface area contributed by atoms with Crippen LogP contribution in [0, 0.1) is 0 Å². The first-order valence-corrected chi connectivity index (χ1v) is 7.37. The number of hydrogen-bond donors (Lipinski definition) is 1. The van der Waals surface area contributed by atoms with E-state index in [1.165, 1.54) is 19.5 Å². The Morgan fingerprint density at radius 3 is 2.67 bits per heavy atom. The zero-order chi connectivity index (χ0) is 13.0. The Morgan fingerprint density at radius 1 is 1.22 bits per heavy atom. The van der Waals surface area contributed by atoms with Crippen LogP contribution in [0.25, 0.3) is 0 Å². The van der Waals surface area contributed by atoms with Crippen molar-refractivity contribution in [3.8, 4) is 0 Å². The van der Waals surface area contributed by atoms with Gasteiger partial charge in [-0.05, 0) is 33.7 Å². The second-order valence-corrected chi connectivity index (χ2v) is 6.26. The van der Waals surface area contributed by atoms with Crippen molar-refractivity contribution in [3.05, 3.63) is 0 Å². The molecule has 2 rings (SSSR count). The highest BCUT2D eigenvalue weighted by atomic mass is 16.5. The van der Waals surface area contributed by atoms with Crippen LogP contribution in [0.4, 0.5) is 0 Å². The molecule has 2 aliphatic rings. The van der Waals surface area contributed by atoms with Crippen LogP contribution in [0.15, 0.2) is 0 Å². The molecule has 2 fully saturated rings. The van der Waals surface area contributed by atoms with E-state index in [4.69, 9.17) is 4.74 Å². The molecule has 2 saturated heterocycles. The third-order valence-electron chi connectivity index (χ3n) is 4.42. The molecule has 0 amide bonds. The monoisotopic (exact) mass is 255 g/mol. The molecule has 4 nitrogen and oxygen atoms in total. The summed E-state index contributed by atoms with van der Waals surface area (Å²) in [6.07, 6.45) is 1.24. The van der Waals surface area contributed by atoms with Crippen LogP contribution in [-0.4, -0.2) is 73.9 Å². The lowest BCUT2D eigenvalue weighted by molar-refractivity contribution is 0.0190. The van der Waals surface area contributed by atoms with Crippen molar-refractivity contribution >= 4 is 0 Å². The van der Waals surface area contributed by atoms with Crippen molar-refractivity contribution in [1.82, 2.24) is 15.1 Å². The van der Waals surface area contributed by atoms with Gasteiger partial charge in [0.1, 0.15) is 0 Å². The summed E-state index contributed by atoms with van der Waals surface area (Å²) >= 11 is 0. The highest BCUT2D eigenvalue weighted by Crippen LogP contribution is 2.23. The highest BCUT2D eigenvalue weighted by Gasteiger charge is 2.32. The molecule has 1 atom stereocenters. The van der Waals surface area contributed by atoms with Gasteiger partial charge < -0.3 is 10.1 Å². The summed E-state index contributed by atoms with van der Waals surface area (Å²) < 4.78 is 5.41. The van der Waals surface area contributed by atoms with Gasteiger partial charge in [-0.3, -0.25) is 9.80 Å². The zero-order valence-electron chi connectivity index (χ0n) is 12.2. The van der Waals surface area contributed by atoms with E-state index in [0.29, 0.717) is 11.6 Å². The Morgan fingerprint density at radius 2 is 1.94 bits per heavy atom. The number of hydrogen-bond acceptors (Lipinski definition) is 4. The van der Waals surface area contributed by atoms with Crippen LogP contribution < -0.4 is 5.32 Å². The van der Waals surface area contributed by atoms with Gasteiger partial charge in [-0.25, -0.2) is 0 Å². The molecule has 0 spiro atoms. The fraction of sp³-hybridized carbons (Fsp3) is 1.00. The summed E-state index contributed by atoms with van der Waals surface area (Å²) in [7, 11) is 0. The van der Waals surface area contributed by atoms with E-state index >= 15 is 0 Å². The summed E-state index contributed by atoms with van der Waals surface area (Å²) in [6, 6.07) is 0.628. The van der Waals surface area contributed by atoms with E-state index < -0.39 is 0 Å². The average molecular weight is 255 g/mol. The molecule has 0 aliphatic carbocycles. The predicted octanol–water partition coefficient (Wildman–Crippen LogP) is 0.781. The molecule has 2 heterocycles. The average Bonchev–Trinajstić information content (AvgIpc) is 2.47. The molecule has 0 aromatic carbocycles. The van der Waals surface area contributed by atoms with E-state index in [-0.39, 0.29) is 0 Å². The number of nitrogens with one attached hydrogen (secondary N) is 1. The molecule has 106 valence electrons. The minimum absolute atomic E-state index is 0.315. The second-order valence-electron chi connectivity index (χ2n) is 6.26. The van der Waals surface area contributed by atoms with Gasteiger partial charge in [0.15, 0.2) is 0 Å². The minimum Gasteiger partial charge on any atom is -0.379 e. The predicted molar refractivity (Wildman–Crippen MR) is 75.0 cm³/mol. The summed E-state index contributed by atoms with van der Waals surface area (Å²) in [5.74, 6) is 0. The third-order valence-corrected chi connectivity index (χ3v) is 4.42. The number of rotatable bonds is 3. The lowest BCUT2D eigenvalue weighted by Gasteiger charge is -2.42. The summed E-state index contributed by atoms with van der Waals surface area (Å²) in [4.78, 5) is 5.22. The first kappa shape index (κ1) is 14.3. The Kier molecular flexibility index (Phi) is 5.01. The maximum Gasteiger partial charge on any atom is 0.0594 e. The fourth-order valence-electron chi connectivity index (χ4n) is 3.15. The quantitative estimate of drug-likeness (QED) is 0.806. The molecular weight excluding hydrogens is 226 g/mol. The van der Waals surface area contributed by atoms with Crippen LogP contribution in [0.1, 0.15) is 27.2 Å². The lowest BCUT2D eigenvalue weighted by Crippen LogP contribution is -2.52. The molecule has 0 radical (unpaired) electrons. The van der Waals surface area contributed by atoms with Crippen LogP contribution in [0.3, 0.4) is 0 Å². The van der Waals surface area contributed by atoms with Gasteiger partial charge in [-0.1, -0.05) is 0 Å². The topological polar surface area (TPSA) is 27.7 Å². The molecule has 18 heavy (non-hydrogen) atoms. The molecule has 0 bridgehead atoms. The first-order valence-electron chi connectivity index (χ1n) is 7.37. The number of morpholine rings is 1. The molecule has 0 aromatic heterocycles. The molecule has 4 heteroatoms. The van der Waals surface area contributed by atoms with Gasteiger partial charge in [0.2, 0.25) is 0 Å². The van der Waals surface area contributed by atoms with E-state index in [1.807, 2.05) is 0 Å². The number of ether oxygens (including phenoxy) is 1. The molecule has 1 N–H and O–H groups in total. The Hall–Kier alpha value is -0.160. The lowest BCUT2D eigenvalue weighted by atomic mass is 9.97. The minimum atomic E-state index is 0.315. The smallest absolute Gasteiger partial charge is 0.0594 e. The van der Waals surface area contributed by atoms with Crippen molar-refractivity contribution in [3.63, 3.8) is 0 Å². The maximum absolute atomic E-state index is 5.41. The second kappa shape index (κ2) is 6.33. The van der Waals surface area contributed by atoms with Crippen LogP contribution >= 0.6 is 0 Å². The van der Waals surface area contributed by atoms with Gasteiger partial charge in [-0.15, -0.1) is 0 Å². The van der Waals surface area contributed by atoms with Crippen LogP contribution in [-0.2, 0) is 4.74 Å². The Balaban J connectivity index is 1.87. The summed E-state index contributed by atoms with van der Waals surface area (Å²) in [5, 5.41) is 3.55. The number of nitrogens with zero attached hydrogens (tertiary/aromatic N) is 2. The zero-order valence-corrected chi connectivity index (χ0v) is 12.2. The van der Waals surface area contributed by atoms with Gasteiger partial charge in [0, 0.05) is 44.3 Å². The first-order chi connectivity index (χ1) is 8.59. The summed E-state index contributed by atoms with van der Waals surface area (Å²) in [6.45, 7) is 15.7. The Labute approximate surface area is 112 Å². The van der Waals surface area contributed by atoms with Gasteiger partial charge in [0.05, 0.1) is 13.2 Å². The fourth-order valence-corrected chi connectivity index (χ4v) is 3.15. The largest absolute Gasteiger partial charge is 0.379 e.